The van der Waals surface area contributed by atoms with Crippen molar-refractivity contribution in [3.05, 3.63) is 54.1 Å². The van der Waals surface area contributed by atoms with Crippen molar-refractivity contribution in [2.45, 2.75) is 63.8 Å². The Morgan fingerprint density at radius 3 is 2.44 bits per heavy atom. The molecule has 8 nitrogen and oxygen atoms in total. The van der Waals surface area contributed by atoms with E-state index in [0.717, 1.165) is 30.8 Å². The number of halogens is 3. The molecule has 0 spiro atoms. The Labute approximate surface area is 195 Å². The lowest BCUT2D eigenvalue weighted by molar-refractivity contribution is -0.192. The molecule has 34 heavy (non-hydrogen) atoms. The summed E-state index contributed by atoms with van der Waals surface area (Å²) in [7, 11) is 0. The van der Waals surface area contributed by atoms with Gasteiger partial charge in [0, 0.05) is 24.6 Å². The van der Waals surface area contributed by atoms with Crippen molar-refractivity contribution >= 4 is 11.9 Å². The standard InChI is InChI=1S/C21H27N3O3.C2HF3O2/c25-21(16-27-19-8-1-2-9-19)24-12-18-7-5-11-23(18)13-20(14-24)26-15-17-6-3-4-10-22-17;3-2(4,5)1(6)7/h3-7,10-11,19-20H,1-2,8-9,12-16H2;(H,6,7). The zero-order valence-corrected chi connectivity index (χ0v) is 18.6. The normalized spacial score (nSPS) is 18.6. The SMILES string of the molecule is O=C(COC1CCCC1)N1Cc2cccn2CC(OCc2ccccn2)C1.O=C(O)C(F)(F)F. The number of carbonyl (C=O) groups is 2. The van der Waals surface area contributed by atoms with Crippen LogP contribution in [0.25, 0.3) is 0 Å². The Balaban J connectivity index is 0.000000406. The Morgan fingerprint density at radius 2 is 1.79 bits per heavy atom. The van der Waals surface area contributed by atoms with Gasteiger partial charge in [-0.15, -0.1) is 0 Å². The second-order valence-electron chi connectivity index (χ2n) is 8.20. The third kappa shape index (κ3) is 7.84. The maximum Gasteiger partial charge on any atom is 0.490 e. The molecule has 3 heterocycles. The van der Waals surface area contributed by atoms with Gasteiger partial charge in [-0.2, -0.15) is 13.2 Å². The van der Waals surface area contributed by atoms with Crippen LogP contribution in [-0.4, -0.2) is 63.0 Å². The smallest absolute Gasteiger partial charge is 0.475 e. The molecule has 2 aromatic heterocycles. The van der Waals surface area contributed by atoms with Crippen LogP contribution in [-0.2, 0) is 38.8 Å². The van der Waals surface area contributed by atoms with Crippen molar-refractivity contribution in [1.29, 1.82) is 0 Å². The molecule has 4 rings (SSSR count). The number of alkyl halides is 3. The van der Waals surface area contributed by atoms with Crippen molar-refractivity contribution in [2.24, 2.45) is 0 Å². The number of fused-ring (bicyclic) bond motifs is 1. The predicted octanol–water partition coefficient (Wildman–Crippen LogP) is 3.40. The van der Waals surface area contributed by atoms with Crippen LogP contribution >= 0.6 is 0 Å². The van der Waals surface area contributed by atoms with Crippen LogP contribution in [0.1, 0.15) is 37.1 Å². The minimum Gasteiger partial charge on any atom is -0.475 e. The van der Waals surface area contributed by atoms with E-state index in [2.05, 4.69) is 21.8 Å². The molecule has 11 heteroatoms. The van der Waals surface area contributed by atoms with Crippen molar-refractivity contribution in [1.82, 2.24) is 14.5 Å². The highest BCUT2D eigenvalue weighted by Gasteiger charge is 2.38. The van der Waals surface area contributed by atoms with E-state index < -0.39 is 12.1 Å². The molecular weight excluding hydrogens is 455 g/mol. The highest BCUT2D eigenvalue weighted by Crippen LogP contribution is 2.22. The Hall–Kier alpha value is -2.92. The summed E-state index contributed by atoms with van der Waals surface area (Å²) in [5.74, 6) is -2.71. The van der Waals surface area contributed by atoms with Crippen LogP contribution in [0.2, 0.25) is 0 Å². The first-order valence-electron chi connectivity index (χ1n) is 11.1. The minimum absolute atomic E-state index is 0.0444. The van der Waals surface area contributed by atoms with Gasteiger partial charge in [0.05, 0.1) is 37.6 Å². The first kappa shape index (κ1) is 25.7. The molecule has 0 saturated heterocycles. The molecule has 1 amide bonds. The number of pyridine rings is 1. The zero-order chi connectivity index (χ0) is 24.6. The van der Waals surface area contributed by atoms with Crippen LogP contribution < -0.4 is 0 Å². The maximum absolute atomic E-state index is 12.8. The third-order valence-corrected chi connectivity index (χ3v) is 5.63. The molecule has 1 N–H and O–H groups in total. The van der Waals surface area contributed by atoms with E-state index in [4.69, 9.17) is 19.4 Å². The van der Waals surface area contributed by atoms with Gasteiger partial charge in [0.15, 0.2) is 0 Å². The van der Waals surface area contributed by atoms with Crippen molar-refractivity contribution in [3.63, 3.8) is 0 Å². The summed E-state index contributed by atoms with van der Waals surface area (Å²) in [6.07, 6.45) is 3.48. The first-order chi connectivity index (χ1) is 16.2. The van der Waals surface area contributed by atoms with Gasteiger partial charge in [-0.1, -0.05) is 18.9 Å². The molecule has 0 bridgehead atoms. The summed E-state index contributed by atoms with van der Waals surface area (Å²) < 4.78 is 45.9. The third-order valence-electron chi connectivity index (χ3n) is 5.63. The van der Waals surface area contributed by atoms with Crippen molar-refractivity contribution in [3.8, 4) is 0 Å². The number of aromatic nitrogens is 2. The molecule has 1 atom stereocenters. The van der Waals surface area contributed by atoms with Crippen molar-refractivity contribution in [2.75, 3.05) is 13.2 Å². The number of rotatable bonds is 6. The van der Waals surface area contributed by atoms with Crippen LogP contribution in [0.15, 0.2) is 42.7 Å². The molecule has 1 unspecified atom stereocenters. The molecule has 1 fully saturated rings. The van der Waals surface area contributed by atoms with Gasteiger partial charge < -0.3 is 24.0 Å². The van der Waals surface area contributed by atoms with Gasteiger partial charge in [-0.3, -0.25) is 9.78 Å². The minimum atomic E-state index is -5.08. The fraction of sp³-hybridized carbons (Fsp3) is 0.522. The van der Waals surface area contributed by atoms with E-state index in [1.54, 1.807) is 6.20 Å². The van der Waals surface area contributed by atoms with Gasteiger partial charge in [0.25, 0.3) is 0 Å². The molecule has 2 aromatic rings. The molecular formula is C23H28F3N3O5. The number of hydrogen-bond acceptors (Lipinski definition) is 5. The number of carboxylic acids is 1. The lowest BCUT2D eigenvalue weighted by Gasteiger charge is -2.25. The largest absolute Gasteiger partial charge is 0.490 e. The van der Waals surface area contributed by atoms with Gasteiger partial charge in [-0.05, 0) is 37.1 Å². The van der Waals surface area contributed by atoms with E-state index in [9.17, 15) is 18.0 Å². The lowest BCUT2D eigenvalue weighted by atomic mass is 10.3. The van der Waals surface area contributed by atoms with Crippen LogP contribution in [0.3, 0.4) is 0 Å². The summed E-state index contributed by atoms with van der Waals surface area (Å²) in [6, 6.07) is 9.90. The fourth-order valence-corrected chi connectivity index (χ4v) is 3.87. The van der Waals surface area contributed by atoms with E-state index >= 15 is 0 Å². The van der Waals surface area contributed by atoms with Gasteiger partial charge in [0.1, 0.15) is 6.61 Å². The van der Waals surface area contributed by atoms with Crippen LogP contribution in [0.5, 0.6) is 0 Å². The molecule has 1 aliphatic carbocycles. The summed E-state index contributed by atoms with van der Waals surface area (Å²) in [5.41, 5.74) is 2.03. The van der Waals surface area contributed by atoms with Crippen LogP contribution in [0.4, 0.5) is 13.2 Å². The summed E-state index contributed by atoms with van der Waals surface area (Å²) in [6.45, 7) is 2.52. The number of amides is 1. The summed E-state index contributed by atoms with van der Waals surface area (Å²) >= 11 is 0. The lowest BCUT2D eigenvalue weighted by Crippen LogP contribution is -2.39. The second-order valence-corrected chi connectivity index (χ2v) is 8.20. The Bertz CT molecular complexity index is 929. The zero-order valence-electron chi connectivity index (χ0n) is 18.6. The highest BCUT2D eigenvalue weighted by molar-refractivity contribution is 5.77. The quantitative estimate of drug-likeness (QED) is 0.677. The van der Waals surface area contributed by atoms with E-state index in [1.165, 1.54) is 12.8 Å². The summed E-state index contributed by atoms with van der Waals surface area (Å²) in [5, 5.41) is 7.12. The molecule has 186 valence electrons. The predicted molar refractivity (Wildman–Crippen MR) is 115 cm³/mol. The van der Waals surface area contributed by atoms with E-state index in [0.29, 0.717) is 19.7 Å². The number of hydrogen-bond donors (Lipinski definition) is 1. The molecule has 1 saturated carbocycles. The Kier molecular flexibility index (Phi) is 9.05. The van der Waals surface area contributed by atoms with E-state index in [1.807, 2.05) is 29.2 Å². The monoisotopic (exact) mass is 483 g/mol. The number of aliphatic carboxylic acids is 1. The number of carbonyl (C=O) groups excluding carboxylic acids is 1. The average molecular weight is 483 g/mol. The van der Waals surface area contributed by atoms with Gasteiger partial charge in [-0.25, -0.2) is 4.79 Å². The second kappa shape index (κ2) is 12.0. The number of ether oxygens (including phenoxy) is 2. The molecule has 0 aromatic carbocycles. The van der Waals surface area contributed by atoms with Gasteiger partial charge in [0.2, 0.25) is 5.91 Å². The van der Waals surface area contributed by atoms with Crippen LogP contribution in [0, 0.1) is 0 Å². The number of nitrogens with zero attached hydrogens (tertiary/aromatic N) is 3. The first-order valence-corrected chi connectivity index (χ1v) is 11.1. The van der Waals surface area contributed by atoms with Crippen molar-refractivity contribution < 1.29 is 37.3 Å². The molecule has 0 radical (unpaired) electrons. The summed E-state index contributed by atoms with van der Waals surface area (Å²) in [4.78, 5) is 27.9. The number of carboxylic acid groups (broad SMARTS) is 1. The molecule has 1 aliphatic heterocycles. The van der Waals surface area contributed by atoms with E-state index in [-0.39, 0.29) is 24.7 Å². The fourth-order valence-electron chi connectivity index (χ4n) is 3.87. The topological polar surface area (TPSA) is 93.9 Å². The Morgan fingerprint density at radius 1 is 1.06 bits per heavy atom. The maximum atomic E-state index is 12.8. The van der Waals surface area contributed by atoms with Gasteiger partial charge >= 0.3 is 12.1 Å². The molecule has 2 aliphatic rings. The average Bonchev–Trinajstić information content (AvgIpc) is 3.45. The highest BCUT2D eigenvalue weighted by atomic mass is 19.4.